The van der Waals surface area contributed by atoms with Crippen molar-refractivity contribution in [2.75, 3.05) is 13.2 Å². The number of hydrogen-bond donors (Lipinski definition) is 1. The largest absolute Gasteiger partial charge is 0.462 e. The molecule has 1 aliphatic rings. The van der Waals surface area contributed by atoms with E-state index in [-0.39, 0.29) is 19.6 Å². The highest BCUT2D eigenvalue weighted by molar-refractivity contribution is 5.91. The van der Waals surface area contributed by atoms with Gasteiger partial charge in [-0.25, -0.2) is 4.79 Å². The van der Waals surface area contributed by atoms with Crippen LogP contribution in [0.5, 0.6) is 0 Å². The first-order chi connectivity index (χ1) is 10.2. The molecular weight excluding hydrogens is 284 g/mol. The van der Waals surface area contributed by atoms with Crippen LogP contribution in [0.3, 0.4) is 0 Å². The topological polar surface area (TPSA) is 72.8 Å². The maximum Gasteiger partial charge on any atom is 0.334 e. The molecule has 5 heteroatoms. The summed E-state index contributed by atoms with van der Waals surface area (Å²) in [6.07, 6.45) is 3.93. The van der Waals surface area contributed by atoms with Gasteiger partial charge in [0.15, 0.2) is 5.60 Å². The van der Waals surface area contributed by atoms with Gasteiger partial charge in [-0.05, 0) is 11.8 Å². The standard InChI is InChI=1S/C17H26O5/c1-11(2)15(12(3)4)7-6-14-8-17(9-18,22-16(14)20)10-21-13(5)19/h6-7,11-12,18H,8-10H2,1-5H3/b14-6-. The highest BCUT2D eigenvalue weighted by Gasteiger charge is 2.44. The lowest BCUT2D eigenvalue weighted by molar-refractivity contribution is -0.164. The van der Waals surface area contributed by atoms with Gasteiger partial charge in [-0.15, -0.1) is 0 Å². The lowest BCUT2D eigenvalue weighted by Gasteiger charge is -2.23. The van der Waals surface area contributed by atoms with E-state index in [1.165, 1.54) is 12.5 Å². The minimum Gasteiger partial charge on any atom is -0.462 e. The van der Waals surface area contributed by atoms with Crippen LogP contribution in [0.2, 0.25) is 0 Å². The van der Waals surface area contributed by atoms with Gasteiger partial charge in [0.1, 0.15) is 6.61 Å². The maximum atomic E-state index is 12.0. The number of esters is 2. The molecule has 0 aromatic carbocycles. The molecule has 1 N–H and O–H groups in total. The zero-order valence-corrected chi connectivity index (χ0v) is 14.0. The lowest BCUT2D eigenvalue weighted by Crippen LogP contribution is -2.39. The smallest absolute Gasteiger partial charge is 0.334 e. The average molecular weight is 310 g/mol. The normalized spacial score (nSPS) is 23.1. The van der Waals surface area contributed by atoms with Crippen LogP contribution < -0.4 is 0 Å². The van der Waals surface area contributed by atoms with E-state index in [1.54, 1.807) is 6.08 Å². The lowest BCUT2D eigenvalue weighted by atomic mass is 9.91. The number of cyclic esters (lactones) is 1. The van der Waals surface area contributed by atoms with Crippen molar-refractivity contribution < 1.29 is 24.2 Å². The number of hydrogen-bond acceptors (Lipinski definition) is 5. The average Bonchev–Trinajstić information content (AvgIpc) is 2.73. The highest BCUT2D eigenvalue weighted by atomic mass is 16.6. The molecule has 0 amide bonds. The van der Waals surface area contributed by atoms with Crippen molar-refractivity contribution in [2.45, 2.75) is 46.6 Å². The summed E-state index contributed by atoms with van der Waals surface area (Å²) >= 11 is 0. The van der Waals surface area contributed by atoms with Crippen molar-refractivity contribution in [3.8, 4) is 0 Å². The van der Waals surface area contributed by atoms with Crippen LogP contribution in [0, 0.1) is 11.8 Å². The zero-order chi connectivity index (χ0) is 16.9. The summed E-state index contributed by atoms with van der Waals surface area (Å²) in [7, 11) is 0. The summed E-state index contributed by atoms with van der Waals surface area (Å²) < 4.78 is 10.2. The summed E-state index contributed by atoms with van der Waals surface area (Å²) in [6.45, 7) is 9.19. The van der Waals surface area contributed by atoms with E-state index in [0.29, 0.717) is 17.4 Å². The fourth-order valence-corrected chi connectivity index (χ4v) is 2.54. The van der Waals surface area contributed by atoms with Gasteiger partial charge in [0.05, 0.1) is 6.61 Å². The monoisotopic (exact) mass is 310 g/mol. The van der Waals surface area contributed by atoms with Gasteiger partial charge in [-0.1, -0.05) is 45.4 Å². The molecule has 0 radical (unpaired) electrons. The Labute approximate surface area is 132 Å². The van der Waals surface area contributed by atoms with Crippen molar-refractivity contribution >= 4 is 11.9 Å². The number of allylic oxidation sites excluding steroid dienone is 3. The van der Waals surface area contributed by atoms with E-state index in [9.17, 15) is 14.7 Å². The molecule has 124 valence electrons. The van der Waals surface area contributed by atoms with Crippen molar-refractivity contribution in [3.05, 3.63) is 23.3 Å². The first-order valence-electron chi connectivity index (χ1n) is 7.59. The van der Waals surface area contributed by atoms with E-state index in [4.69, 9.17) is 9.47 Å². The van der Waals surface area contributed by atoms with E-state index >= 15 is 0 Å². The van der Waals surface area contributed by atoms with E-state index < -0.39 is 17.5 Å². The van der Waals surface area contributed by atoms with Gasteiger partial charge in [-0.2, -0.15) is 0 Å². The minimum absolute atomic E-state index is 0.132. The first kappa shape index (κ1) is 18.4. The Bertz CT molecular complexity index is 477. The second-order valence-electron chi connectivity index (χ2n) is 6.36. The van der Waals surface area contributed by atoms with Crippen LogP contribution >= 0.6 is 0 Å². The molecule has 1 aliphatic heterocycles. The Kier molecular flexibility index (Phi) is 6.35. The number of carbonyl (C=O) groups is 2. The molecule has 0 spiro atoms. The van der Waals surface area contributed by atoms with Crippen LogP contribution in [0.4, 0.5) is 0 Å². The number of aliphatic hydroxyl groups is 1. The molecular formula is C17H26O5. The third kappa shape index (κ3) is 4.70. The summed E-state index contributed by atoms with van der Waals surface area (Å²) in [4.78, 5) is 22.9. The number of ether oxygens (including phenoxy) is 2. The molecule has 1 saturated heterocycles. The summed E-state index contributed by atoms with van der Waals surface area (Å²) in [5.41, 5.74) is 0.569. The van der Waals surface area contributed by atoms with Gasteiger partial charge in [-0.3, -0.25) is 4.79 Å². The van der Waals surface area contributed by atoms with Crippen molar-refractivity contribution in [3.63, 3.8) is 0 Å². The van der Waals surface area contributed by atoms with Gasteiger partial charge >= 0.3 is 11.9 Å². The molecule has 0 bridgehead atoms. The van der Waals surface area contributed by atoms with Crippen molar-refractivity contribution in [1.82, 2.24) is 0 Å². The quantitative estimate of drug-likeness (QED) is 0.602. The molecule has 0 aliphatic carbocycles. The Balaban J connectivity index is 2.93. The second kappa shape index (κ2) is 7.58. The van der Waals surface area contributed by atoms with Crippen LogP contribution in [0.25, 0.3) is 0 Å². The first-order valence-corrected chi connectivity index (χ1v) is 7.59. The third-order valence-electron chi connectivity index (χ3n) is 3.72. The highest BCUT2D eigenvalue weighted by Crippen LogP contribution is 2.31. The van der Waals surface area contributed by atoms with E-state index in [0.717, 1.165) is 0 Å². The van der Waals surface area contributed by atoms with E-state index in [2.05, 4.69) is 27.7 Å². The molecule has 1 fully saturated rings. The van der Waals surface area contributed by atoms with Crippen LogP contribution in [0.1, 0.15) is 41.0 Å². The molecule has 5 nitrogen and oxygen atoms in total. The van der Waals surface area contributed by atoms with Crippen molar-refractivity contribution in [1.29, 1.82) is 0 Å². The molecule has 0 aromatic heterocycles. The summed E-state index contributed by atoms with van der Waals surface area (Å²) in [5.74, 6) is -0.164. The SMILES string of the molecule is CC(=O)OCC1(CO)C/C(=C/C=C(C(C)C)C(C)C)C(=O)O1. The van der Waals surface area contributed by atoms with Gasteiger partial charge in [0.25, 0.3) is 0 Å². The predicted molar refractivity (Wildman–Crippen MR) is 83.0 cm³/mol. The molecule has 0 saturated carbocycles. The Morgan fingerprint density at radius 3 is 2.41 bits per heavy atom. The fourth-order valence-electron chi connectivity index (χ4n) is 2.54. The molecule has 1 heterocycles. The molecule has 22 heavy (non-hydrogen) atoms. The van der Waals surface area contributed by atoms with Crippen LogP contribution in [0.15, 0.2) is 23.3 Å². The van der Waals surface area contributed by atoms with Gasteiger partial charge < -0.3 is 14.6 Å². The van der Waals surface area contributed by atoms with Gasteiger partial charge in [0, 0.05) is 18.9 Å². The Morgan fingerprint density at radius 1 is 1.36 bits per heavy atom. The van der Waals surface area contributed by atoms with Crippen molar-refractivity contribution in [2.24, 2.45) is 11.8 Å². The molecule has 1 rings (SSSR count). The molecule has 1 atom stereocenters. The second-order valence-corrected chi connectivity index (χ2v) is 6.36. The maximum absolute atomic E-state index is 12.0. The Morgan fingerprint density at radius 2 is 1.95 bits per heavy atom. The predicted octanol–water partition coefficient (Wildman–Crippen LogP) is 2.39. The Hall–Kier alpha value is -1.62. The third-order valence-corrected chi connectivity index (χ3v) is 3.72. The molecule has 1 unspecified atom stereocenters. The summed E-state index contributed by atoms with van der Waals surface area (Å²) in [6, 6.07) is 0. The van der Waals surface area contributed by atoms with Gasteiger partial charge in [0.2, 0.25) is 0 Å². The van der Waals surface area contributed by atoms with Crippen LogP contribution in [-0.2, 0) is 19.1 Å². The fraction of sp³-hybridized carbons (Fsp3) is 0.647. The zero-order valence-electron chi connectivity index (χ0n) is 14.0. The number of rotatable bonds is 6. The minimum atomic E-state index is -1.15. The molecule has 0 aromatic rings. The number of carbonyl (C=O) groups excluding carboxylic acids is 2. The summed E-state index contributed by atoms with van der Waals surface area (Å²) in [5, 5.41) is 9.51. The van der Waals surface area contributed by atoms with Crippen LogP contribution in [-0.4, -0.2) is 35.9 Å². The van der Waals surface area contributed by atoms with E-state index in [1.807, 2.05) is 6.08 Å². The number of aliphatic hydroxyl groups excluding tert-OH is 1.